The van der Waals surface area contributed by atoms with Crippen LogP contribution < -0.4 is 15.8 Å². The van der Waals surface area contributed by atoms with Crippen LogP contribution in [-0.4, -0.2) is 28.0 Å². The molecular formula is C29H29ClN4O3. The lowest BCUT2D eigenvalue weighted by atomic mass is 9.50. The SMILES string of the molecule is Cc1cccc(-c2ccc(CN3NCc4c(Cl)ccc(C(=O)NC5CC6(C5)CC(C(=O)O)C6)c43)cc2)n1. The zero-order valence-electron chi connectivity index (χ0n) is 20.6. The Morgan fingerprint density at radius 1 is 1.11 bits per heavy atom. The molecule has 0 radical (unpaired) electrons. The van der Waals surface area contributed by atoms with Crippen LogP contribution in [0.5, 0.6) is 0 Å². The molecule has 1 aliphatic heterocycles. The molecule has 3 aliphatic rings. The molecule has 0 bridgehead atoms. The molecule has 190 valence electrons. The van der Waals surface area contributed by atoms with Crippen molar-refractivity contribution in [2.24, 2.45) is 11.3 Å². The van der Waals surface area contributed by atoms with Gasteiger partial charge in [-0.1, -0.05) is 41.9 Å². The number of nitrogens with one attached hydrogen (secondary N) is 2. The van der Waals surface area contributed by atoms with Gasteiger partial charge in [-0.05, 0) is 67.9 Å². The van der Waals surface area contributed by atoms with Crippen LogP contribution in [0, 0.1) is 18.3 Å². The number of carbonyl (C=O) groups is 2. The average molecular weight is 517 g/mol. The number of benzene rings is 2. The lowest BCUT2D eigenvalue weighted by Gasteiger charge is -2.56. The molecule has 1 aromatic heterocycles. The molecule has 6 rings (SSSR count). The summed E-state index contributed by atoms with van der Waals surface area (Å²) in [6, 6.07) is 18.0. The Morgan fingerprint density at radius 3 is 2.57 bits per heavy atom. The largest absolute Gasteiger partial charge is 0.481 e. The lowest BCUT2D eigenvalue weighted by molar-refractivity contribution is -0.155. The number of rotatable bonds is 6. The Labute approximate surface area is 220 Å². The number of halogens is 1. The van der Waals surface area contributed by atoms with Gasteiger partial charge in [-0.25, -0.2) is 5.43 Å². The van der Waals surface area contributed by atoms with Crippen molar-refractivity contribution in [1.29, 1.82) is 0 Å². The second-order valence-corrected chi connectivity index (χ2v) is 11.1. The van der Waals surface area contributed by atoms with Gasteiger partial charge in [-0.2, -0.15) is 0 Å². The molecule has 2 aliphatic carbocycles. The van der Waals surface area contributed by atoms with Gasteiger partial charge < -0.3 is 15.4 Å². The van der Waals surface area contributed by atoms with Gasteiger partial charge in [0.05, 0.1) is 29.4 Å². The number of hydrazine groups is 1. The van der Waals surface area contributed by atoms with Gasteiger partial charge in [0.15, 0.2) is 0 Å². The van der Waals surface area contributed by atoms with Crippen LogP contribution in [0.1, 0.15) is 52.9 Å². The number of aryl methyl sites for hydroxylation is 1. The van der Waals surface area contributed by atoms with Crippen molar-refractivity contribution < 1.29 is 14.7 Å². The third-order valence-electron chi connectivity index (χ3n) is 8.07. The number of carboxylic acids is 1. The van der Waals surface area contributed by atoms with Crippen LogP contribution in [0.25, 0.3) is 11.3 Å². The molecule has 1 amide bonds. The molecule has 7 nitrogen and oxygen atoms in total. The van der Waals surface area contributed by atoms with Gasteiger partial charge in [0.1, 0.15) is 0 Å². The molecule has 2 saturated carbocycles. The second-order valence-electron chi connectivity index (χ2n) is 10.7. The van der Waals surface area contributed by atoms with E-state index in [2.05, 4.69) is 40.0 Å². The first-order valence-electron chi connectivity index (χ1n) is 12.7. The summed E-state index contributed by atoms with van der Waals surface area (Å²) in [5.74, 6) is -1.04. The predicted octanol–water partition coefficient (Wildman–Crippen LogP) is 5.11. The van der Waals surface area contributed by atoms with E-state index < -0.39 is 5.97 Å². The summed E-state index contributed by atoms with van der Waals surface area (Å²) in [5, 5.41) is 15.0. The van der Waals surface area contributed by atoms with E-state index in [1.807, 2.05) is 30.1 Å². The summed E-state index contributed by atoms with van der Waals surface area (Å²) in [6.45, 7) is 3.13. The zero-order valence-corrected chi connectivity index (χ0v) is 21.4. The fourth-order valence-electron chi connectivity index (χ4n) is 6.17. The quantitative estimate of drug-likeness (QED) is 0.421. The molecule has 1 spiro atoms. The number of fused-ring (bicyclic) bond motifs is 1. The summed E-state index contributed by atoms with van der Waals surface area (Å²) in [5.41, 5.74) is 9.92. The maximum atomic E-state index is 13.3. The first-order valence-corrected chi connectivity index (χ1v) is 13.1. The van der Waals surface area contributed by atoms with E-state index in [9.17, 15) is 9.59 Å². The van der Waals surface area contributed by atoms with E-state index in [-0.39, 0.29) is 23.3 Å². The highest BCUT2D eigenvalue weighted by Gasteiger charge is 2.55. The monoisotopic (exact) mass is 516 g/mol. The van der Waals surface area contributed by atoms with Crippen LogP contribution in [-0.2, 0) is 17.9 Å². The number of anilines is 1. The van der Waals surface area contributed by atoms with Crippen molar-refractivity contribution in [3.8, 4) is 11.3 Å². The van der Waals surface area contributed by atoms with Gasteiger partial charge in [-0.15, -0.1) is 0 Å². The summed E-state index contributed by atoms with van der Waals surface area (Å²) >= 11 is 6.51. The van der Waals surface area contributed by atoms with Crippen molar-refractivity contribution in [2.75, 3.05) is 5.01 Å². The first kappa shape index (κ1) is 23.9. The topological polar surface area (TPSA) is 94.6 Å². The Bertz CT molecular complexity index is 1380. The predicted molar refractivity (Wildman–Crippen MR) is 142 cm³/mol. The number of aliphatic carboxylic acids is 1. The van der Waals surface area contributed by atoms with E-state index in [0.717, 1.165) is 59.4 Å². The molecule has 8 heteroatoms. The van der Waals surface area contributed by atoms with Crippen molar-refractivity contribution in [2.45, 2.75) is 51.7 Å². The van der Waals surface area contributed by atoms with Crippen LogP contribution >= 0.6 is 11.6 Å². The molecule has 0 unspecified atom stereocenters. The maximum absolute atomic E-state index is 13.3. The molecule has 37 heavy (non-hydrogen) atoms. The van der Waals surface area contributed by atoms with E-state index in [4.69, 9.17) is 16.7 Å². The number of carbonyl (C=O) groups excluding carboxylic acids is 1. The van der Waals surface area contributed by atoms with E-state index in [0.29, 0.717) is 23.7 Å². The van der Waals surface area contributed by atoms with Gasteiger partial charge in [0.2, 0.25) is 0 Å². The smallest absolute Gasteiger partial charge is 0.306 e. The van der Waals surface area contributed by atoms with E-state index in [1.54, 1.807) is 12.1 Å². The Hall–Kier alpha value is -3.42. The second kappa shape index (κ2) is 9.15. The van der Waals surface area contributed by atoms with Crippen LogP contribution in [0.2, 0.25) is 5.02 Å². The van der Waals surface area contributed by atoms with Gasteiger partial charge in [0, 0.05) is 34.4 Å². The fourth-order valence-corrected chi connectivity index (χ4v) is 6.39. The zero-order chi connectivity index (χ0) is 25.7. The van der Waals surface area contributed by atoms with E-state index in [1.165, 1.54) is 0 Å². The number of hydrogen-bond donors (Lipinski definition) is 3. The maximum Gasteiger partial charge on any atom is 0.306 e. The molecule has 3 aromatic rings. The molecule has 2 aromatic carbocycles. The van der Waals surface area contributed by atoms with Crippen molar-refractivity contribution in [1.82, 2.24) is 15.7 Å². The molecule has 2 heterocycles. The summed E-state index contributed by atoms with van der Waals surface area (Å²) in [6.07, 6.45) is 3.15. The minimum absolute atomic E-state index is 0.0826. The minimum atomic E-state index is -0.705. The van der Waals surface area contributed by atoms with Crippen LogP contribution in [0.3, 0.4) is 0 Å². The minimum Gasteiger partial charge on any atom is -0.481 e. The molecule has 2 fully saturated rings. The first-order chi connectivity index (χ1) is 17.8. The highest BCUT2D eigenvalue weighted by molar-refractivity contribution is 6.32. The van der Waals surface area contributed by atoms with Crippen molar-refractivity contribution in [3.05, 3.63) is 82.0 Å². The van der Waals surface area contributed by atoms with Gasteiger partial charge in [0.25, 0.3) is 5.91 Å². The highest BCUT2D eigenvalue weighted by Crippen LogP contribution is 2.58. The van der Waals surface area contributed by atoms with Crippen LogP contribution in [0.4, 0.5) is 5.69 Å². The third kappa shape index (κ3) is 4.47. The Kier molecular flexibility index (Phi) is 5.92. The number of pyridine rings is 1. The standard InChI is InChI=1S/C29H29ClN4O3/c1-17-3-2-4-25(32-17)19-7-5-18(6-8-19)16-34-26-22(9-10-24(30)23(26)15-31-34)27(35)33-21-13-29(14-21)11-20(12-29)28(36)37/h2-10,20-21,31H,11-16H2,1H3,(H,33,35)(H,36,37). The molecule has 0 saturated heterocycles. The van der Waals surface area contributed by atoms with Crippen molar-refractivity contribution in [3.63, 3.8) is 0 Å². The number of aromatic nitrogens is 1. The van der Waals surface area contributed by atoms with Crippen LogP contribution in [0.15, 0.2) is 54.6 Å². The normalized spacial score (nSPS) is 23.8. The number of nitrogens with zero attached hydrogens (tertiary/aromatic N) is 2. The number of hydrogen-bond acceptors (Lipinski definition) is 5. The fraction of sp³-hybridized carbons (Fsp3) is 0.345. The summed E-state index contributed by atoms with van der Waals surface area (Å²) in [7, 11) is 0. The molecular weight excluding hydrogens is 488 g/mol. The third-order valence-corrected chi connectivity index (χ3v) is 8.42. The number of carboxylic acid groups (broad SMARTS) is 1. The lowest BCUT2D eigenvalue weighted by Crippen LogP contribution is -2.57. The van der Waals surface area contributed by atoms with Crippen molar-refractivity contribution >= 4 is 29.2 Å². The molecule has 3 N–H and O–H groups in total. The average Bonchev–Trinajstić information content (AvgIpc) is 3.24. The Balaban J connectivity index is 1.15. The Morgan fingerprint density at radius 2 is 1.86 bits per heavy atom. The summed E-state index contributed by atoms with van der Waals surface area (Å²) in [4.78, 5) is 29.1. The number of amides is 1. The van der Waals surface area contributed by atoms with Gasteiger partial charge in [-0.3, -0.25) is 14.6 Å². The molecule has 0 atom stereocenters. The summed E-state index contributed by atoms with van der Waals surface area (Å²) < 4.78 is 0. The van der Waals surface area contributed by atoms with E-state index >= 15 is 0 Å². The highest BCUT2D eigenvalue weighted by atomic mass is 35.5. The van der Waals surface area contributed by atoms with Gasteiger partial charge >= 0.3 is 5.97 Å².